The van der Waals surface area contributed by atoms with E-state index in [9.17, 15) is 15.0 Å². The molecule has 148 valence electrons. The number of benzene rings is 1. The van der Waals surface area contributed by atoms with Gasteiger partial charge in [-0.15, -0.1) is 0 Å². The molecule has 0 radical (unpaired) electrons. The number of aliphatic hydroxyl groups is 2. The van der Waals surface area contributed by atoms with Crippen molar-refractivity contribution in [1.82, 2.24) is 4.90 Å². The monoisotopic (exact) mass is 394 g/mol. The Kier molecular flexibility index (Phi) is 6.42. The molecule has 3 rings (SSSR count). The SMILES string of the molecule is N[C@@H](c1cc(Cl)c(C2=CCCC2)cc1O)C1CCN(C(=O)[C@H](O)CO)CC1. The zero-order valence-electron chi connectivity index (χ0n) is 15.3. The van der Waals surface area contributed by atoms with Gasteiger partial charge < -0.3 is 26.0 Å². The van der Waals surface area contributed by atoms with E-state index in [1.807, 2.05) is 0 Å². The van der Waals surface area contributed by atoms with E-state index >= 15 is 0 Å². The van der Waals surface area contributed by atoms with Crippen LogP contribution in [0, 0.1) is 5.92 Å². The molecular weight excluding hydrogens is 368 g/mol. The van der Waals surface area contributed by atoms with Crippen LogP contribution < -0.4 is 5.73 Å². The second-order valence-corrected chi connectivity index (χ2v) is 7.81. The number of halogens is 1. The number of amides is 1. The molecule has 2 atom stereocenters. The summed E-state index contributed by atoms with van der Waals surface area (Å²) in [6.07, 6.45) is 5.23. The summed E-state index contributed by atoms with van der Waals surface area (Å²) in [6, 6.07) is 3.10. The van der Waals surface area contributed by atoms with E-state index in [0.717, 1.165) is 24.8 Å². The number of carbonyl (C=O) groups is 1. The molecule has 2 aliphatic rings. The van der Waals surface area contributed by atoms with Crippen LogP contribution in [0.2, 0.25) is 5.02 Å². The summed E-state index contributed by atoms with van der Waals surface area (Å²) in [6.45, 7) is 0.356. The van der Waals surface area contributed by atoms with Crippen molar-refractivity contribution in [2.45, 2.75) is 44.2 Å². The Balaban J connectivity index is 1.69. The predicted molar refractivity (Wildman–Crippen MR) is 104 cm³/mol. The number of rotatable bonds is 5. The van der Waals surface area contributed by atoms with Crippen LogP contribution in [0.25, 0.3) is 5.57 Å². The van der Waals surface area contributed by atoms with Crippen LogP contribution in [0.5, 0.6) is 5.75 Å². The van der Waals surface area contributed by atoms with Crippen LogP contribution in [0.15, 0.2) is 18.2 Å². The lowest BCUT2D eigenvalue weighted by molar-refractivity contribution is -0.143. The summed E-state index contributed by atoms with van der Waals surface area (Å²) in [7, 11) is 0. The Morgan fingerprint density at radius 3 is 2.63 bits per heavy atom. The summed E-state index contributed by atoms with van der Waals surface area (Å²) in [4.78, 5) is 13.5. The van der Waals surface area contributed by atoms with E-state index in [1.54, 1.807) is 17.0 Å². The number of carbonyl (C=O) groups excluding carboxylic acids is 1. The molecule has 27 heavy (non-hydrogen) atoms. The number of nitrogens with zero attached hydrogens (tertiary/aromatic N) is 1. The van der Waals surface area contributed by atoms with Gasteiger partial charge in [-0.3, -0.25) is 4.79 Å². The Bertz CT molecular complexity index is 729. The van der Waals surface area contributed by atoms with Crippen molar-refractivity contribution >= 4 is 23.1 Å². The third kappa shape index (κ3) is 4.29. The maximum absolute atomic E-state index is 12.0. The second-order valence-electron chi connectivity index (χ2n) is 7.40. The van der Waals surface area contributed by atoms with Gasteiger partial charge in [0.1, 0.15) is 5.75 Å². The van der Waals surface area contributed by atoms with Gasteiger partial charge in [0.25, 0.3) is 5.91 Å². The van der Waals surface area contributed by atoms with Gasteiger partial charge >= 0.3 is 0 Å². The predicted octanol–water partition coefficient (Wildman–Crippen LogP) is 2.20. The van der Waals surface area contributed by atoms with Crippen molar-refractivity contribution in [3.63, 3.8) is 0 Å². The molecule has 6 nitrogen and oxygen atoms in total. The Morgan fingerprint density at radius 1 is 1.33 bits per heavy atom. The number of phenols is 1. The van der Waals surface area contributed by atoms with Gasteiger partial charge in [-0.05, 0) is 61.3 Å². The molecular formula is C20H27ClN2O4. The van der Waals surface area contributed by atoms with Crippen LogP contribution in [0.1, 0.15) is 49.3 Å². The largest absolute Gasteiger partial charge is 0.508 e. The minimum absolute atomic E-state index is 0.0961. The maximum atomic E-state index is 12.0. The molecule has 7 heteroatoms. The van der Waals surface area contributed by atoms with E-state index < -0.39 is 18.6 Å². The van der Waals surface area contributed by atoms with E-state index in [1.165, 1.54) is 5.57 Å². The molecule has 1 saturated heterocycles. The first-order valence-corrected chi connectivity index (χ1v) is 9.85. The molecule has 5 N–H and O–H groups in total. The van der Waals surface area contributed by atoms with Crippen molar-refractivity contribution in [1.29, 1.82) is 0 Å². The van der Waals surface area contributed by atoms with Gasteiger partial charge in [0.05, 0.1) is 6.61 Å². The Hall–Kier alpha value is -1.60. The fraction of sp³-hybridized carbons (Fsp3) is 0.550. The topological polar surface area (TPSA) is 107 Å². The summed E-state index contributed by atoms with van der Waals surface area (Å²) in [5.41, 5.74) is 9.10. The molecule has 0 bridgehead atoms. The zero-order chi connectivity index (χ0) is 19.6. The molecule has 0 aromatic heterocycles. The van der Waals surface area contributed by atoms with E-state index in [0.29, 0.717) is 36.5 Å². The smallest absolute Gasteiger partial charge is 0.253 e. The number of piperidine rings is 1. The highest BCUT2D eigenvalue weighted by Crippen LogP contribution is 2.40. The first-order valence-electron chi connectivity index (χ1n) is 9.47. The fourth-order valence-electron chi connectivity index (χ4n) is 4.03. The van der Waals surface area contributed by atoms with Gasteiger partial charge in [0.2, 0.25) is 0 Å². The van der Waals surface area contributed by atoms with Crippen LogP contribution in [0.4, 0.5) is 0 Å². The quantitative estimate of drug-likeness (QED) is 0.612. The van der Waals surface area contributed by atoms with Gasteiger partial charge in [0.15, 0.2) is 6.10 Å². The van der Waals surface area contributed by atoms with Crippen molar-refractivity contribution in [3.05, 3.63) is 34.4 Å². The molecule has 1 fully saturated rings. The second kappa shape index (κ2) is 8.61. The van der Waals surface area contributed by atoms with Crippen LogP contribution in [0.3, 0.4) is 0 Å². The molecule has 0 saturated carbocycles. The highest BCUT2D eigenvalue weighted by Gasteiger charge is 2.31. The van der Waals surface area contributed by atoms with Crippen LogP contribution in [-0.2, 0) is 4.79 Å². The number of hydrogen-bond donors (Lipinski definition) is 4. The third-order valence-electron chi connectivity index (χ3n) is 5.68. The summed E-state index contributed by atoms with van der Waals surface area (Å²) in [5.74, 6) is -0.202. The number of aliphatic hydroxyl groups excluding tert-OH is 2. The van der Waals surface area contributed by atoms with Gasteiger partial charge in [-0.1, -0.05) is 17.7 Å². The number of aromatic hydroxyl groups is 1. The minimum Gasteiger partial charge on any atom is -0.508 e. The standard InChI is InChI=1S/C20H27ClN2O4/c21-16-9-15(17(25)10-14(16)12-3-1-2-4-12)19(22)13-5-7-23(8-6-13)20(27)18(26)11-24/h3,9-10,13,18-19,24-26H,1-2,4-8,11,22H2/t18-,19-/m1/s1. The molecule has 1 aliphatic carbocycles. The maximum Gasteiger partial charge on any atom is 0.253 e. The Labute approximate surface area is 164 Å². The number of hydrogen-bond acceptors (Lipinski definition) is 5. The van der Waals surface area contributed by atoms with Crippen LogP contribution in [-0.4, -0.2) is 51.9 Å². The fourth-order valence-corrected chi connectivity index (χ4v) is 4.32. The van der Waals surface area contributed by atoms with E-state index in [4.69, 9.17) is 22.4 Å². The highest BCUT2D eigenvalue weighted by molar-refractivity contribution is 6.32. The van der Waals surface area contributed by atoms with Crippen LogP contribution >= 0.6 is 11.6 Å². The van der Waals surface area contributed by atoms with Crippen molar-refractivity contribution < 1.29 is 20.1 Å². The first kappa shape index (κ1) is 20.1. The molecule has 0 unspecified atom stereocenters. The number of nitrogens with two attached hydrogens (primary N) is 1. The van der Waals surface area contributed by atoms with Gasteiger partial charge in [-0.25, -0.2) is 0 Å². The molecule has 0 spiro atoms. The zero-order valence-corrected chi connectivity index (χ0v) is 16.0. The third-order valence-corrected chi connectivity index (χ3v) is 5.99. The normalized spacial score (nSPS) is 20.4. The lowest BCUT2D eigenvalue weighted by Crippen LogP contribution is -2.46. The molecule has 1 heterocycles. The average molecular weight is 395 g/mol. The van der Waals surface area contributed by atoms with E-state index in [-0.39, 0.29) is 17.7 Å². The van der Waals surface area contributed by atoms with Crippen molar-refractivity contribution in [2.75, 3.05) is 19.7 Å². The molecule has 1 amide bonds. The van der Waals surface area contributed by atoms with Crippen molar-refractivity contribution in [3.8, 4) is 5.75 Å². The Morgan fingerprint density at radius 2 is 2.04 bits per heavy atom. The lowest BCUT2D eigenvalue weighted by atomic mass is 9.85. The molecule has 1 aromatic rings. The molecule has 1 aliphatic heterocycles. The van der Waals surface area contributed by atoms with E-state index in [2.05, 4.69) is 6.08 Å². The minimum atomic E-state index is -1.37. The van der Waals surface area contributed by atoms with Crippen molar-refractivity contribution in [2.24, 2.45) is 11.7 Å². The number of likely N-dealkylation sites (tertiary alicyclic amines) is 1. The number of phenolic OH excluding ortho intramolecular Hbond substituents is 1. The van der Waals surface area contributed by atoms with Gasteiger partial charge in [-0.2, -0.15) is 0 Å². The number of allylic oxidation sites excluding steroid dienone is 2. The lowest BCUT2D eigenvalue weighted by Gasteiger charge is -2.35. The van der Waals surface area contributed by atoms with Gasteiger partial charge in [0, 0.05) is 29.7 Å². The summed E-state index contributed by atoms with van der Waals surface area (Å²) < 4.78 is 0. The highest BCUT2D eigenvalue weighted by atomic mass is 35.5. The summed E-state index contributed by atoms with van der Waals surface area (Å²) >= 11 is 6.47. The first-order chi connectivity index (χ1) is 12.9. The average Bonchev–Trinajstić information content (AvgIpc) is 3.22. The summed E-state index contributed by atoms with van der Waals surface area (Å²) in [5, 5.41) is 29.5. The molecule has 1 aromatic carbocycles.